The highest BCUT2D eigenvalue weighted by Gasteiger charge is 2.33. The topological polar surface area (TPSA) is 76.5 Å². The van der Waals surface area contributed by atoms with Crippen LogP contribution in [-0.4, -0.2) is 58.1 Å². The molecule has 0 atom stereocenters. The number of piperazine rings is 1. The van der Waals surface area contributed by atoms with Crippen LogP contribution in [0.4, 0.5) is 0 Å². The van der Waals surface area contributed by atoms with Crippen molar-refractivity contribution in [2.75, 3.05) is 26.2 Å². The van der Waals surface area contributed by atoms with Crippen LogP contribution in [-0.2, 0) is 23.7 Å². The van der Waals surface area contributed by atoms with E-state index in [1.807, 2.05) is 34.4 Å². The van der Waals surface area contributed by atoms with E-state index in [-0.39, 0.29) is 4.90 Å². The average Bonchev–Trinajstić information content (AvgIpc) is 3.22. The Labute approximate surface area is 181 Å². The van der Waals surface area contributed by atoms with E-state index in [1.54, 1.807) is 13.8 Å². The van der Waals surface area contributed by atoms with Crippen LogP contribution in [0.15, 0.2) is 45.9 Å². The summed E-state index contributed by atoms with van der Waals surface area (Å²) >= 11 is 5.62. The predicted octanol–water partition coefficient (Wildman–Crippen LogP) is 2.79. The van der Waals surface area contributed by atoms with Crippen molar-refractivity contribution in [1.29, 1.82) is 0 Å². The fourth-order valence-corrected chi connectivity index (χ4v) is 5.78. The van der Waals surface area contributed by atoms with E-state index in [1.165, 1.54) is 4.31 Å². The highest BCUT2D eigenvalue weighted by Crippen LogP contribution is 2.25. The van der Waals surface area contributed by atoms with Gasteiger partial charge in [-0.05, 0) is 31.6 Å². The molecule has 0 saturated carbocycles. The monoisotopic (exact) mass is 447 g/mol. The van der Waals surface area contributed by atoms with Crippen molar-refractivity contribution in [3.05, 3.63) is 52.8 Å². The summed E-state index contributed by atoms with van der Waals surface area (Å²) in [5.41, 5.74) is 2.57. The first-order valence-electron chi connectivity index (χ1n) is 9.76. The number of rotatable bonds is 5. The molecule has 0 amide bonds. The fourth-order valence-electron chi connectivity index (χ4n) is 3.86. The molecule has 1 aliphatic heterocycles. The van der Waals surface area contributed by atoms with E-state index >= 15 is 0 Å². The fraction of sp³-hybridized carbons (Fsp3) is 0.400. The summed E-state index contributed by atoms with van der Waals surface area (Å²) in [6.07, 6.45) is 2.06. The van der Waals surface area contributed by atoms with Gasteiger partial charge in [-0.25, -0.2) is 8.42 Å². The van der Waals surface area contributed by atoms with E-state index in [9.17, 15) is 8.42 Å². The van der Waals surface area contributed by atoms with Crippen molar-refractivity contribution in [1.82, 2.24) is 23.5 Å². The number of aromatic nitrogens is 3. The minimum absolute atomic E-state index is 0.189. The molecule has 0 unspecified atom stereocenters. The first-order valence-corrected chi connectivity index (χ1v) is 11.6. The molecular formula is C20H25N5O3S2. The average molecular weight is 448 g/mol. The van der Waals surface area contributed by atoms with E-state index in [0.717, 1.165) is 16.0 Å². The number of imidazole rings is 1. The van der Waals surface area contributed by atoms with Crippen LogP contribution in [0.5, 0.6) is 0 Å². The number of nitrogens with zero attached hydrogens (tertiary/aromatic N) is 5. The molecule has 160 valence electrons. The van der Waals surface area contributed by atoms with Crippen molar-refractivity contribution < 1.29 is 12.9 Å². The lowest BCUT2D eigenvalue weighted by Crippen LogP contribution is -2.49. The lowest BCUT2D eigenvalue weighted by atomic mass is 10.2. The van der Waals surface area contributed by atoms with Gasteiger partial charge in [0.15, 0.2) is 10.5 Å². The molecule has 0 aliphatic carbocycles. The smallest absolute Gasteiger partial charge is 0.248 e. The van der Waals surface area contributed by atoms with Crippen molar-refractivity contribution in [3.63, 3.8) is 0 Å². The molecule has 2 aromatic heterocycles. The number of hydrogen-bond acceptors (Lipinski definition) is 6. The number of sulfonamides is 1. The van der Waals surface area contributed by atoms with Gasteiger partial charge in [0.25, 0.3) is 0 Å². The summed E-state index contributed by atoms with van der Waals surface area (Å²) in [4.78, 5) is 2.40. The van der Waals surface area contributed by atoms with Gasteiger partial charge in [-0.1, -0.05) is 35.5 Å². The first-order chi connectivity index (χ1) is 14.3. The summed E-state index contributed by atoms with van der Waals surface area (Å²) in [6, 6.07) is 10.1. The first kappa shape index (κ1) is 21.0. The Hall–Kier alpha value is -2.27. The number of benzene rings is 1. The Bertz CT molecular complexity index is 1180. The molecule has 1 aromatic carbocycles. The lowest BCUT2D eigenvalue weighted by Gasteiger charge is -2.33. The Balaban J connectivity index is 1.47. The molecule has 1 fully saturated rings. The third kappa shape index (κ3) is 3.76. The molecule has 3 heterocycles. The second-order valence-corrected chi connectivity index (χ2v) is 9.75. The van der Waals surface area contributed by atoms with Crippen LogP contribution < -0.4 is 0 Å². The minimum atomic E-state index is -3.60. The van der Waals surface area contributed by atoms with Gasteiger partial charge in [-0.15, -0.1) is 0 Å². The van der Waals surface area contributed by atoms with Crippen LogP contribution in [0, 0.1) is 18.6 Å². The molecule has 3 aromatic rings. The maximum Gasteiger partial charge on any atom is 0.248 e. The van der Waals surface area contributed by atoms with Crippen molar-refractivity contribution in [2.24, 2.45) is 7.05 Å². The van der Waals surface area contributed by atoms with Gasteiger partial charge in [-0.2, -0.15) is 4.31 Å². The van der Waals surface area contributed by atoms with Crippen molar-refractivity contribution in [3.8, 4) is 11.3 Å². The van der Waals surface area contributed by atoms with E-state index in [2.05, 4.69) is 28.4 Å². The van der Waals surface area contributed by atoms with E-state index < -0.39 is 10.0 Å². The molecule has 30 heavy (non-hydrogen) atoms. The van der Waals surface area contributed by atoms with Gasteiger partial charge >= 0.3 is 0 Å². The summed E-state index contributed by atoms with van der Waals surface area (Å²) in [7, 11) is -1.64. The zero-order valence-electron chi connectivity index (χ0n) is 17.3. The molecule has 0 N–H and O–H groups in total. The Morgan fingerprint density at radius 2 is 1.77 bits per heavy atom. The van der Waals surface area contributed by atoms with Gasteiger partial charge < -0.3 is 13.7 Å². The second-order valence-electron chi connectivity index (χ2n) is 7.51. The normalized spacial score (nSPS) is 16.2. The van der Waals surface area contributed by atoms with Gasteiger partial charge in [0.05, 0.1) is 12.4 Å². The van der Waals surface area contributed by atoms with Crippen molar-refractivity contribution >= 4 is 22.2 Å². The number of aryl methyl sites for hydroxylation is 2. The molecule has 4 rings (SSSR count). The molecule has 1 saturated heterocycles. The summed E-state index contributed by atoms with van der Waals surface area (Å²) < 4.78 is 37.3. The molecular weight excluding hydrogens is 422 g/mol. The maximum absolute atomic E-state index is 13.0. The molecule has 0 radical (unpaired) electrons. The Kier molecular flexibility index (Phi) is 5.67. The molecule has 1 aliphatic rings. The largest absolute Gasteiger partial charge is 0.360 e. The zero-order valence-corrected chi connectivity index (χ0v) is 18.9. The summed E-state index contributed by atoms with van der Waals surface area (Å²) in [5.74, 6) is 0.332. The highest BCUT2D eigenvalue weighted by atomic mass is 32.2. The van der Waals surface area contributed by atoms with Crippen molar-refractivity contribution in [2.45, 2.75) is 25.4 Å². The van der Waals surface area contributed by atoms with Crippen LogP contribution >= 0.6 is 12.2 Å². The van der Waals surface area contributed by atoms with Crippen LogP contribution in [0.1, 0.15) is 11.5 Å². The predicted molar refractivity (Wildman–Crippen MR) is 116 cm³/mol. The molecule has 8 nitrogen and oxygen atoms in total. The molecule has 10 heteroatoms. The standard InChI is InChI=1S/C20H25N5O3S2/c1-15-19(16(2)28-21-15)30(26,27)25-11-9-23(10-12-25)14-24-13-18(22(3)20(24)29)17-7-5-4-6-8-17/h4-8,13H,9-12,14H2,1-3H3. The molecule has 0 bridgehead atoms. The SMILES string of the molecule is Cc1noc(C)c1S(=O)(=O)N1CCN(Cn2cc(-c3ccccc3)n(C)c2=S)CC1. The van der Waals surface area contributed by atoms with Crippen LogP contribution in [0.2, 0.25) is 0 Å². The van der Waals surface area contributed by atoms with Crippen LogP contribution in [0.25, 0.3) is 11.3 Å². The lowest BCUT2D eigenvalue weighted by molar-refractivity contribution is 0.151. The van der Waals surface area contributed by atoms with Gasteiger partial charge in [0.1, 0.15) is 10.6 Å². The minimum Gasteiger partial charge on any atom is -0.360 e. The van der Waals surface area contributed by atoms with E-state index in [0.29, 0.717) is 44.3 Å². The Morgan fingerprint density at radius 1 is 1.10 bits per heavy atom. The molecule has 0 spiro atoms. The maximum atomic E-state index is 13.0. The number of hydrogen-bond donors (Lipinski definition) is 0. The van der Waals surface area contributed by atoms with Gasteiger partial charge in [0, 0.05) is 39.4 Å². The van der Waals surface area contributed by atoms with Crippen LogP contribution in [0.3, 0.4) is 0 Å². The quantitative estimate of drug-likeness (QED) is 0.560. The summed E-state index contributed by atoms with van der Waals surface area (Å²) in [6.45, 7) is 5.99. The second kappa shape index (κ2) is 8.10. The van der Waals surface area contributed by atoms with E-state index in [4.69, 9.17) is 16.7 Å². The summed E-state index contributed by atoms with van der Waals surface area (Å²) in [5, 5.41) is 3.78. The Morgan fingerprint density at radius 3 is 2.37 bits per heavy atom. The third-order valence-corrected chi connectivity index (χ3v) is 8.14. The highest BCUT2D eigenvalue weighted by molar-refractivity contribution is 7.89. The van der Waals surface area contributed by atoms with Gasteiger partial charge in [-0.3, -0.25) is 4.90 Å². The third-order valence-electron chi connectivity index (χ3n) is 5.49. The van der Waals surface area contributed by atoms with Gasteiger partial charge in [0.2, 0.25) is 10.0 Å². The zero-order chi connectivity index (χ0) is 21.5.